The molecule has 1 aliphatic heterocycles. The Morgan fingerprint density at radius 1 is 1.14 bits per heavy atom. The minimum Gasteiger partial charge on any atom is -0.312 e. The first-order chi connectivity index (χ1) is 14.2. The topological polar surface area (TPSA) is 54.7 Å². The lowest BCUT2D eigenvalue weighted by molar-refractivity contribution is -0.116. The molecule has 1 aliphatic rings. The van der Waals surface area contributed by atoms with E-state index in [0.29, 0.717) is 11.4 Å². The number of hydrogen-bond donors (Lipinski definition) is 0. The minimum absolute atomic E-state index is 0.0389. The number of carbonyl (C=O) groups excluding carboxylic acids is 2. The molecule has 4 aromatic rings. The van der Waals surface area contributed by atoms with Gasteiger partial charge in [0.2, 0.25) is 5.91 Å². The summed E-state index contributed by atoms with van der Waals surface area (Å²) < 4.78 is 1.86. The van der Waals surface area contributed by atoms with Crippen LogP contribution in [0.25, 0.3) is 26.7 Å². The molecule has 0 spiro atoms. The standard InChI is InChI=1S/C23H19N3O2S/c1-15(28)25-11-5-8-16-9-10-18(12-19(16)25)22-20(14-27)26-13-21(29-23(26)24-22)17-6-3-2-4-7-17/h2-4,6-7,9-10,12-14H,5,8,11H2,1H3. The van der Waals surface area contributed by atoms with Crippen LogP contribution in [0.4, 0.5) is 5.69 Å². The highest BCUT2D eigenvalue weighted by Gasteiger charge is 2.23. The van der Waals surface area contributed by atoms with Gasteiger partial charge in [-0.05, 0) is 30.0 Å². The summed E-state index contributed by atoms with van der Waals surface area (Å²) in [5.41, 5.74) is 5.24. The maximum absolute atomic E-state index is 12.1. The molecule has 144 valence electrons. The molecule has 0 bridgehead atoms. The van der Waals surface area contributed by atoms with E-state index in [0.717, 1.165) is 57.9 Å². The number of fused-ring (bicyclic) bond motifs is 2. The number of hydrogen-bond acceptors (Lipinski definition) is 4. The zero-order valence-electron chi connectivity index (χ0n) is 16.0. The second kappa shape index (κ2) is 6.97. The molecule has 0 atom stereocenters. The number of thiazole rings is 1. The number of aldehydes is 1. The van der Waals surface area contributed by atoms with Gasteiger partial charge in [0, 0.05) is 30.9 Å². The van der Waals surface area contributed by atoms with Crippen LogP contribution in [-0.2, 0) is 11.2 Å². The Morgan fingerprint density at radius 3 is 2.72 bits per heavy atom. The summed E-state index contributed by atoms with van der Waals surface area (Å²) in [6.07, 6.45) is 4.75. The van der Waals surface area contributed by atoms with Gasteiger partial charge in [0.25, 0.3) is 0 Å². The first-order valence-electron chi connectivity index (χ1n) is 9.59. The largest absolute Gasteiger partial charge is 0.312 e. The van der Waals surface area contributed by atoms with Crippen molar-refractivity contribution in [2.75, 3.05) is 11.4 Å². The molecule has 0 aliphatic carbocycles. The molecule has 0 fully saturated rings. The number of aromatic nitrogens is 2. The fourth-order valence-electron chi connectivity index (χ4n) is 3.97. The van der Waals surface area contributed by atoms with E-state index in [1.165, 1.54) is 0 Å². The first kappa shape index (κ1) is 17.8. The maximum Gasteiger partial charge on any atom is 0.223 e. The normalized spacial score (nSPS) is 13.5. The van der Waals surface area contributed by atoms with E-state index >= 15 is 0 Å². The highest BCUT2D eigenvalue weighted by molar-refractivity contribution is 7.20. The van der Waals surface area contributed by atoms with Gasteiger partial charge < -0.3 is 4.90 Å². The van der Waals surface area contributed by atoms with Crippen LogP contribution in [0.15, 0.2) is 54.7 Å². The van der Waals surface area contributed by atoms with Gasteiger partial charge in [-0.1, -0.05) is 53.8 Å². The van der Waals surface area contributed by atoms with Gasteiger partial charge in [0.1, 0.15) is 11.4 Å². The fourth-order valence-corrected chi connectivity index (χ4v) is 4.97. The average molecular weight is 401 g/mol. The van der Waals surface area contributed by atoms with Gasteiger partial charge >= 0.3 is 0 Å². The summed E-state index contributed by atoms with van der Waals surface area (Å²) in [5, 5.41) is 0. The molecular weight excluding hydrogens is 382 g/mol. The van der Waals surface area contributed by atoms with E-state index in [9.17, 15) is 9.59 Å². The molecule has 2 aromatic heterocycles. The molecule has 0 saturated carbocycles. The van der Waals surface area contributed by atoms with Crippen LogP contribution in [0, 0.1) is 0 Å². The Morgan fingerprint density at radius 2 is 1.97 bits per heavy atom. The average Bonchev–Trinajstić information content (AvgIpc) is 3.31. The van der Waals surface area contributed by atoms with Gasteiger partial charge in [0.05, 0.1) is 4.88 Å². The maximum atomic E-state index is 12.1. The quantitative estimate of drug-likeness (QED) is 0.462. The summed E-state index contributed by atoms with van der Waals surface area (Å²) in [6.45, 7) is 2.32. The monoisotopic (exact) mass is 401 g/mol. The van der Waals surface area contributed by atoms with E-state index < -0.39 is 0 Å². The zero-order chi connectivity index (χ0) is 20.0. The van der Waals surface area contributed by atoms with Crippen LogP contribution in [0.5, 0.6) is 0 Å². The highest BCUT2D eigenvalue weighted by atomic mass is 32.1. The fraction of sp³-hybridized carbons (Fsp3) is 0.174. The molecule has 5 rings (SSSR count). The van der Waals surface area contributed by atoms with Crippen molar-refractivity contribution in [3.63, 3.8) is 0 Å². The third-order valence-corrected chi connectivity index (χ3v) is 6.42. The predicted octanol–water partition coefficient (Wildman–Crippen LogP) is 4.84. The Bertz CT molecular complexity index is 1240. The highest BCUT2D eigenvalue weighted by Crippen LogP contribution is 2.36. The van der Waals surface area contributed by atoms with Gasteiger partial charge in [-0.25, -0.2) is 4.98 Å². The number of amides is 1. The van der Waals surface area contributed by atoms with Crippen LogP contribution in [-0.4, -0.2) is 28.1 Å². The van der Waals surface area contributed by atoms with Crippen LogP contribution in [0.1, 0.15) is 29.4 Å². The van der Waals surface area contributed by atoms with Gasteiger partial charge in [-0.15, -0.1) is 0 Å². The summed E-state index contributed by atoms with van der Waals surface area (Å²) in [6, 6.07) is 16.1. The lowest BCUT2D eigenvalue weighted by Crippen LogP contribution is -2.33. The molecule has 6 heteroatoms. The van der Waals surface area contributed by atoms with Crippen LogP contribution in [0.2, 0.25) is 0 Å². The Hall–Kier alpha value is -3.25. The molecule has 0 N–H and O–H groups in total. The minimum atomic E-state index is 0.0389. The first-order valence-corrected chi connectivity index (χ1v) is 10.4. The van der Waals surface area contributed by atoms with Crippen LogP contribution in [0.3, 0.4) is 0 Å². The van der Waals surface area contributed by atoms with Gasteiger partial charge in [0.15, 0.2) is 11.2 Å². The third kappa shape index (κ3) is 2.96. The molecule has 0 unspecified atom stereocenters. The molecular formula is C23H19N3O2S. The number of imidazole rings is 1. The van der Waals surface area contributed by atoms with Crippen molar-refractivity contribution in [2.24, 2.45) is 0 Å². The molecule has 0 radical (unpaired) electrons. The van der Waals surface area contributed by atoms with E-state index in [1.54, 1.807) is 18.3 Å². The van der Waals surface area contributed by atoms with E-state index in [4.69, 9.17) is 4.98 Å². The lowest BCUT2D eigenvalue weighted by Gasteiger charge is -2.29. The summed E-state index contributed by atoms with van der Waals surface area (Å²) in [4.78, 5) is 32.4. The number of anilines is 1. The third-order valence-electron chi connectivity index (χ3n) is 5.39. The number of carbonyl (C=O) groups is 2. The second-order valence-corrected chi connectivity index (χ2v) is 8.20. The van der Waals surface area contributed by atoms with Crippen molar-refractivity contribution in [3.8, 4) is 21.7 Å². The van der Waals surface area contributed by atoms with E-state index in [1.807, 2.05) is 58.0 Å². The van der Waals surface area contributed by atoms with Crippen LogP contribution < -0.4 is 4.90 Å². The Labute approximate surface area is 172 Å². The molecule has 1 amide bonds. The van der Waals surface area contributed by atoms with Crippen molar-refractivity contribution < 1.29 is 9.59 Å². The van der Waals surface area contributed by atoms with Crippen molar-refractivity contribution in [2.45, 2.75) is 19.8 Å². The summed E-state index contributed by atoms with van der Waals surface area (Å²) >= 11 is 1.56. The van der Waals surface area contributed by atoms with Crippen molar-refractivity contribution in [1.82, 2.24) is 9.38 Å². The molecule has 29 heavy (non-hydrogen) atoms. The van der Waals surface area contributed by atoms with E-state index in [2.05, 4.69) is 6.07 Å². The van der Waals surface area contributed by atoms with Crippen molar-refractivity contribution in [3.05, 3.63) is 66.0 Å². The molecule has 2 aromatic carbocycles. The van der Waals surface area contributed by atoms with Crippen molar-refractivity contribution >= 4 is 34.2 Å². The number of benzene rings is 2. The second-order valence-electron chi connectivity index (χ2n) is 7.20. The van der Waals surface area contributed by atoms with Crippen molar-refractivity contribution in [1.29, 1.82) is 0 Å². The Kier molecular flexibility index (Phi) is 4.28. The summed E-state index contributed by atoms with van der Waals surface area (Å²) in [5.74, 6) is 0.0389. The lowest BCUT2D eigenvalue weighted by atomic mass is 9.98. The summed E-state index contributed by atoms with van der Waals surface area (Å²) in [7, 11) is 0. The molecule has 0 saturated heterocycles. The molecule has 5 nitrogen and oxygen atoms in total. The predicted molar refractivity (Wildman–Crippen MR) is 116 cm³/mol. The zero-order valence-corrected chi connectivity index (χ0v) is 16.8. The van der Waals surface area contributed by atoms with Gasteiger partial charge in [-0.3, -0.25) is 14.0 Å². The number of aryl methyl sites for hydroxylation is 1. The Balaban J connectivity index is 1.62. The van der Waals surface area contributed by atoms with E-state index in [-0.39, 0.29) is 5.91 Å². The smallest absolute Gasteiger partial charge is 0.223 e. The van der Waals surface area contributed by atoms with Crippen LogP contribution >= 0.6 is 11.3 Å². The van der Waals surface area contributed by atoms with Gasteiger partial charge in [-0.2, -0.15) is 0 Å². The SMILES string of the molecule is CC(=O)N1CCCc2ccc(-c3nc4sc(-c5ccccc5)cn4c3C=O)cc21. The number of rotatable bonds is 3. The molecule has 3 heterocycles. The number of nitrogens with zero attached hydrogens (tertiary/aromatic N) is 3.